The fourth-order valence-corrected chi connectivity index (χ4v) is 2.19. The second-order valence-corrected chi connectivity index (χ2v) is 5.13. The number of nitrogens with one attached hydrogen (secondary N) is 2. The molecule has 1 heterocycles. The molecule has 0 fully saturated rings. The summed E-state index contributed by atoms with van der Waals surface area (Å²) in [7, 11) is 0. The number of guanidine groups is 1. The molecule has 0 aliphatic carbocycles. The van der Waals surface area contributed by atoms with E-state index in [1.165, 1.54) is 0 Å². The summed E-state index contributed by atoms with van der Waals surface area (Å²) in [5, 5.41) is 6.62. The molecule has 0 saturated carbocycles. The van der Waals surface area contributed by atoms with Crippen molar-refractivity contribution in [1.82, 2.24) is 10.6 Å². The summed E-state index contributed by atoms with van der Waals surface area (Å²) in [5.41, 5.74) is 1.78. The van der Waals surface area contributed by atoms with E-state index in [-0.39, 0.29) is 13.1 Å². The third-order valence-electron chi connectivity index (χ3n) is 3.37. The minimum Gasteiger partial charge on any atom is -0.459 e. The molecule has 1 aromatic heterocycles. The minimum absolute atomic E-state index is 0.214. The van der Waals surface area contributed by atoms with Gasteiger partial charge in [0, 0.05) is 24.0 Å². The van der Waals surface area contributed by atoms with E-state index in [0.717, 1.165) is 16.5 Å². The molecule has 0 bridgehead atoms. The molecular weight excluding hydrogens is 307 g/mol. The molecule has 2 aromatic rings. The molecule has 4 nitrogen and oxygen atoms in total. The quantitative estimate of drug-likeness (QED) is 0.649. The molecule has 0 radical (unpaired) electrons. The van der Waals surface area contributed by atoms with E-state index >= 15 is 0 Å². The van der Waals surface area contributed by atoms with Crippen molar-refractivity contribution < 1.29 is 17.6 Å². The predicted molar refractivity (Wildman–Crippen MR) is 84.4 cm³/mol. The first-order chi connectivity index (χ1) is 10.9. The number of nitrogens with zero attached hydrogens (tertiary/aromatic N) is 1. The van der Waals surface area contributed by atoms with Crippen molar-refractivity contribution in [3.63, 3.8) is 0 Å². The van der Waals surface area contributed by atoms with Crippen LogP contribution in [0, 0.1) is 6.92 Å². The molecule has 0 aliphatic heterocycles. The van der Waals surface area contributed by atoms with Gasteiger partial charge in [0.1, 0.15) is 17.9 Å². The highest BCUT2D eigenvalue weighted by Gasteiger charge is 2.26. The Kier molecular flexibility index (Phi) is 5.52. The van der Waals surface area contributed by atoms with E-state index in [4.69, 9.17) is 4.42 Å². The zero-order chi connectivity index (χ0) is 16.9. The maximum atomic E-state index is 12.2. The minimum atomic E-state index is -4.18. The van der Waals surface area contributed by atoms with Crippen LogP contribution in [0.4, 0.5) is 13.2 Å². The van der Waals surface area contributed by atoms with Crippen LogP contribution >= 0.6 is 0 Å². The van der Waals surface area contributed by atoms with E-state index in [1.54, 1.807) is 0 Å². The summed E-state index contributed by atoms with van der Waals surface area (Å²) in [4.78, 5) is 4.29. The highest BCUT2D eigenvalue weighted by Crippen LogP contribution is 2.25. The van der Waals surface area contributed by atoms with Crippen LogP contribution in [0.2, 0.25) is 0 Å². The number of furan rings is 1. The van der Waals surface area contributed by atoms with Crippen molar-refractivity contribution in [2.45, 2.75) is 33.0 Å². The first-order valence-corrected chi connectivity index (χ1v) is 7.46. The highest BCUT2D eigenvalue weighted by molar-refractivity contribution is 5.82. The Labute approximate surface area is 132 Å². The standard InChI is InChI=1S/C16H20F3N3O/c1-3-20-15(21-9-8-16(17,18)19)22-10-14-11(2)12-6-4-5-7-13(12)23-14/h4-7H,3,8-10H2,1-2H3,(H2,20,21,22). The first-order valence-electron chi connectivity index (χ1n) is 7.46. The maximum absolute atomic E-state index is 12.2. The number of benzene rings is 1. The molecule has 126 valence electrons. The zero-order valence-corrected chi connectivity index (χ0v) is 13.1. The number of rotatable bonds is 5. The molecule has 23 heavy (non-hydrogen) atoms. The molecule has 0 aliphatic rings. The summed E-state index contributed by atoms with van der Waals surface area (Å²) < 4.78 is 42.3. The van der Waals surface area contributed by atoms with Crippen LogP contribution in [-0.2, 0) is 6.54 Å². The van der Waals surface area contributed by atoms with Crippen LogP contribution in [0.15, 0.2) is 33.7 Å². The normalized spacial score (nSPS) is 12.7. The van der Waals surface area contributed by atoms with E-state index < -0.39 is 12.6 Å². The van der Waals surface area contributed by atoms with E-state index in [1.807, 2.05) is 38.1 Å². The molecule has 0 unspecified atom stereocenters. The number of alkyl halides is 3. The third kappa shape index (κ3) is 4.91. The lowest BCUT2D eigenvalue weighted by atomic mass is 10.1. The first kappa shape index (κ1) is 17.2. The number of aliphatic imine (C=N–C) groups is 1. The van der Waals surface area contributed by atoms with Crippen LogP contribution in [-0.4, -0.2) is 25.2 Å². The van der Waals surface area contributed by atoms with Crippen LogP contribution in [0.25, 0.3) is 11.0 Å². The van der Waals surface area contributed by atoms with Crippen molar-refractivity contribution in [1.29, 1.82) is 0 Å². The Morgan fingerprint density at radius 3 is 2.61 bits per heavy atom. The lowest BCUT2D eigenvalue weighted by Crippen LogP contribution is -2.38. The van der Waals surface area contributed by atoms with Gasteiger partial charge in [-0.1, -0.05) is 18.2 Å². The fraction of sp³-hybridized carbons (Fsp3) is 0.438. The maximum Gasteiger partial charge on any atom is 0.390 e. The number of halogens is 3. The van der Waals surface area contributed by atoms with E-state index in [9.17, 15) is 13.2 Å². The molecule has 7 heteroatoms. The second kappa shape index (κ2) is 7.39. The lowest BCUT2D eigenvalue weighted by Gasteiger charge is -2.12. The number of fused-ring (bicyclic) bond motifs is 1. The summed E-state index contributed by atoms with van der Waals surface area (Å²) in [6.45, 7) is 4.42. The molecule has 0 saturated heterocycles. The summed E-state index contributed by atoms with van der Waals surface area (Å²) in [6, 6.07) is 7.66. The Morgan fingerprint density at radius 2 is 1.96 bits per heavy atom. The average Bonchev–Trinajstić information content (AvgIpc) is 2.80. The fourth-order valence-electron chi connectivity index (χ4n) is 2.19. The van der Waals surface area contributed by atoms with E-state index in [2.05, 4.69) is 15.6 Å². The number of hydrogen-bond donors (Lipinski definition) is 2. The SMILES string of the molecule is CCNC(=NCc1oc2ccccc2c1C)NCCC(F)(F)F. The molecule has 1 aromatic carbocycles. The van der Waals surface area contributed by atoms with Gasteiger partial charge in [-0.25, -0.2) is 4.99 Å². The molecule has 0 amide bonds. The van der Waals surface area contributed by atoms with Crippen LogP contribution in [0.1, 0.15) is 24.7 Å². The van der Waals surface area contributed by atoms with Gasteiger partial charge >= 0.3 is 6.18 Å². The summed E-state index contributed by atoms with van der Waals surface area (Å²) >= 11 is 0. The van der Waals surface area contributed by atoms with Crippen molar-refractivity contribution in [2.75, 3.05) is 13.1 Å². The Morgan fingerprint density at radius 1 is 1.22 bits per heavy atom. The van der Waals surface area contributed by atoms with Crippen LogP contribution < -0.4 is 10.6 Å². The summed E-state index contributed by atoms with van der Waals surface area (Å²) in [5.74, 6) is 1.05. The Hall–Kier alpha value is -2.18. The van der Waals surface area contributed by atoms with Gasteiger partial charge < -0.3 is 15.1 Å². The largest absolute Gasteiger partial charge is 0.459 e. The van der Waals surface area contributed by atoms with Gasteiger partial charge in [0.2, 0.25) is 0 Å². The number of para-hydroxylation sites is 1. The monoisotopic (exact) mass is 327 g/mol. The second-order valence-electron chi connectivity index (χ2n) is 5.13. The van der Waals surface area contributed by atoms with Gasteiger partial charge in [0.25, 0.3) is 0 Å². The van der Waals surface area contributed by atoms with Crippen LogP contribution in [0.3, 0.4) is 0 Å². The van der Waals surface area contributed by atoms with Crippen molar-refractivity contribution in [2.24, 2.45) is 4.99 Å². The molecule has 2 N–H and O–H groups in total. The van der Waals surface area contributed by atoms with Crippen molar-refractivity contribution in [3.8, 4) is 0 Å². The van der Waals surface area contributed by atoms with Crippen LogP contribution in [0.5, 0.6) is 0 Å². The topological polar surface area (TPSA) is 49.6 Å². The van der Waals surface area contributed by atoms with Gasteiger partial charge in [0.15, 0.2) is 5.96 Å². The van der Waals surface area contributed by atoms with Gasteiger partial charge in [-0.2, -0.15) is 13.2 Å². The molecule has 0 atom stereocenters. The van der Waals surface area contributed by atoms with Gasteiger partial charge in [-0.15, -0.1) is 0 Å². The van der Waals surface area contributed by atoms with Crippen molar-refractivity contribution >= 4 is 16.9 Å². The summed E-state index contributed by atoms with van der Waals surface area (Å²) in [6.07, 6.45) is -5.08. The average molecular weight is 327 g/mol. The predicted octanol–water partition coefficient (Wildman–Crippen LogP) is 3.75. The van der Waals surface area contributed by atoms with E-state index in [0.29, 0.717) is 18.3 Å². The molecular formula is C16H20F3N3O. The lowest BCUT2D eigenvalue weighted by molar-refractivity contribution is -0.132. The third-order valence-corrected chi connectivity index (χ3v) is 3.37. The Balaban J connectivity index is 2.05. The number of hydrogen-bond acceptors (Lipinski definition) is 2. The highest BCUT2D eigenvalue weighted by atomic mass is 19.4. The molecule has 2 rings (SSSR count). The van der Waals surface area contributed by atoms with Gasteiger partial charge in [-0.05, 0) is 19.9 Å². The smallest absolute Gasteiger partial charge is 0.390 e. The Bertz CT molecular complexity index is 677. The zero-order valence-electron chi connectivity index (χ0n) is 13.1. The van der Waals surface area contributed by atoms with Crippen molar-refractivity contribution in [3.05, 3.63) is 35.6 Å². The van der Waals surface area contributed by atoms with Gasteiger partial charge in [0.05, 0.1) is 6.42 Å². The van der Waals surface area contributed by atoms with Gasteiger partial charge in [-0.3, -0.25) is 0 Å². The number of aryl methyl sites for hydroxylation is 1. The molecule has 0 spiro atoms.